The van der Waals surface area contributed by atoms with E-state index in [9.17, 15) is 4.79 Å². The lowest BCUT2D eigenvalue weighted by Crippen LogP contribution is -2.25. The Bertz CT molecular complexity index is 1180. The molecule has 4 aromatic rings. The maximum Gasteiger partial charge on any atom is 0.230 e. The van der Waals surface area contributed by atoms with E-state index in [1.807, 2.05) is 43.7 Å². The van der Waals surface area contributed by atoms with Gasteiger partial charge < -0.3 is 9.73 Å². The molecule has 140 valence electrons. The predicted octanol–water partition coefficient (Wildman–Crippen LogP) is 1.85. The van der Waals surface area contributed by atoms with Crippen LogP contribution < -0.4 is 5.32 Å². The zero-order chi connectivity index (χ0) is 19.5. The number of nitriles is 1. The van der Waals surface area contributed by atoms with Crippen LogP contribution in [0.3, 0.4) is 0 Å². The van der Waals surface area contributed by atoms with E-state index in [1.165, 1.54) is 0 Å². The Morgan fingerprint density at radius 1 is 1.36 bits per heavy atom. The number of nitrogens with zero attached hydrogens (tertiary/aromatic N) is 6. The summed E-state index contributed by atoms with van der Waals surface area (Å²) in [7, 11) is 1.88. The van der Waals surface area contributed by atoms with E-state index < -0.39 is 0 Å². The Kier molecular flexibility index (Phi) is 4.82. The van der Waals surface area contributed by atoms with E-state index in [2.05, 4.69) is 20.6 Å². The van der Waals surface area contributed by atoms with Crippen LogP contribution in [-0.2, 0) is 24.7 Å². The number of thiazole rings is 1. The molecule has 0 aliphatic rings. The molecule has 0 aliphatic carbocycles. The van der Waals surface area contributed by atoms with Gasteiger partial charge in [-0.15, -0.1) is 21.5 Å². The molecule has 4 rings (SSSR count). The number of para-hydroxylation sites is 1. The number of fused-ring (bicyclic) bond motifs is 1. The van der Waals surface area contributed by atoms with E-state index in [-0.39, 0.29) is 24.8 Å². The average Bonchev–Trinajstić information content (AvgIpc) is 3.39. The topological polar surface area (TPSA) is 123 Å². The van der Waals surface area contributed by atoms with Gasteiger partial charge in [0.15, 0.2) is 0 Å². The van der Waals surface area contributed by atoms with Crippen molar-refractivity contribution in [3.05, 3.63) is 47.4 Å². The minimum atomic E-state index is -0.335. The Morgan fingerprint density at radius 3 is 3.00 bits per heavy atom. The molecule has 0 spiro atoms. The van der Waals surface area contributed by atoms with Crippen molar-refractivity contribution in [3.8, 4) is 17.2 Å². The van der Waals surface area contributed by atoms with Crippen molar-refractivity contribution in [1.82, 2.24) is 30.3 Å². The zero-order valence-electron chi connectivity index (χ0n) is 14.9. The minimum Gasteiger partial charge on any atom is -0.424 e. The van der Waals surface area contributed by atoms with Crippen molar-refractivity contribution in [3.63, 3.8) is 0 Å². The highest BCUT2D eigenvalue weighted by molar-refractivity contribution is 7.18. The van der Waals surface area contributed by atoms with Crippen molar-refractivity contribution in [2.45, 2.75) is 12.8 Å². The molecule has 3 heterocycles. The van der Waals surface area contributed by atoms with Crippen LogP contribution in [0.4, 0.5) is 0 Å². The molecule has 0 fully saturated rings. The lowest BCUT2D eigenvalue weighted by Gasteiger charge is -1.97. The highest BCUT2D eigenvalue weighted by Crippen LogP contribution is 2.32. The number of rotatable bonds is 6. The number of aryl methyl sites for hydroxylation is 1. The monoisotopic (exact) mass is 393 g/mol. The summed E-state index contributed by atoms with van der Waals surface area (Å²) in [6.45, 7) is -0.0508. The first-order chi connectivity index (χ1) is 13.6. The van der Waals surface area contributed by atoms with Gasteiger partial charge >= 0.3 is 0 Å². The second-order valence-electron chi connectivity index (χ2n) is 6.04. The van der Waals surface area contributed by atoms with Crippen LogP contribution in [0.2, 0.25) is 0 Å². The van der Waals surface area contributed by atoms with Gasteiger partial charge in [-0.25, -0.2) is 4.98 Å². The maximum atomic E-state index is 11.6. The molecule has 28 heavy (non-hydrogen) atoms. The SMILES string of the molecule is Cn1cc(-c2cccc3sc(Cc4nnc(CC(=O)NCC#N)o4)nc23)cn1. The molecule has 1 amide bonds. The largest absolute Gasteiger partial charge is 0.424 e. The van der Waals surface area contributed by atoms with Crippen LogP contribution in [0, 0.1) is 11.3 Å². The summed E-state index contributed by atoms with van der Waals surface area (Å²) in [5, 5.41) is 23.9. The van der Waals surface area contributed by atoms with Gasteiger partial charge in [0.25, 0.3) is 0 Å². The first kappa shape index (κ1) is 17.8. The molecule has 0 bridgehead atoms. The maximum absolute atomic E-state index is 11.6. The van der Waals surface area contributed by atoms with Crippen molar-refractivity contribution in [2.75, 3.05) is 6.54 Å². The van der Waals surface area contributed by atoms with Gasteiger partial charge in [0.2, 0.25) is 17.7 Å². The summed E-state index contributed by atoms with van der Waals surface area (Å²) in [6, 6.07) is 7.88. The first-order valence-electron chi connectivity index (χ1n) is 8.44. The third kappa shape index (κ3) is 3.74. The molecule has 9 nitrogen and oxygen atoms in total. The number of nitrogens with one attached hydrogen (secondary N) is 1. The lowest BCUT2D eigenvalue weighted by molar-refractivity contribution is -0.120. The fourth-order valence-corrected chi connectivity index (χ4v) is 3.75. The summed E-state index contributed by atoms with van der Waals surface area (Å²) in [6.07, 6.45) is 4.10. The summed E-state index contributed by atoms with van der Waals surface area (Å²) < 4.78 is 8.36. The van der Waals surface area contributed by atoms with Crippen LogP contribution in [0.15, 0.2) is 35.0 Å². The van der Waals surface area contributed by atoms with Gasteiger partial charge in [-0.1, -0.05) is 12.1 Å². The zero-order valence-corrected chi connectivity index (χ0v) is 15.7. The number of carbonyl (C=O) groups excluding carboxylic acids is 1. The minimum absolute atomic E-state index is 0.0508. The normalized spacial score (nSPS) is 10.9. The van der Waals surface area contributed by atoms with Gasteiger partial charge in [0.05, 0.1) is 28.9 Å². The van der Waals surface area contributed by atoms with Gasteiger partial charge in [0, 0.05) is 24.4 Å². The molecular formula is C18H15N7O2S. The molecule has 1 aromatic carbocycles. The first-order valence-corrected chi connectivity index (χ1v) is 9.26. The van der Waals surface area contributed by atoms with E-state index in [0.29, 0.717) is 12.3 Å². The lowest BCUT2D eigenvalue weighted by atomic mass is 10.1. The smallest absolute Gasteiger partial charge is 0.230 e. The van der Waals surface area contributed by atoms with Crippen molar-refractivity contribution >= 4 is 27.5 Å². The number of hydrogen-bond donors (Lipinski definition) is 1. The highest BCUT2D eigenvalue weighted by Gasteiger charge is 2.15. The Hall–Kier alpha value is -3.58. The van der Waals surface area contributed by atoms with Gasteiger partial charge in [-0.2, -0.15) is 10.4 Å². The van der Waals surface area contributed by atoms with E-state index in [1.54, 1.807) is 16.0 Å². The predicted molar refractivity (Wildman–Crippen MR) is 101 cm³/mol. The number of carbonyl (C=O) groups is 1. The molecule has 1 N–H and O–H groups in total. The van der Waals surface area contributed by atoms with Crippen molar-refractivity contribution in [1.29, 1.82) is 5.26 Å². The van der Waals surface area contributed by atoms with Crippen molar-refractivity contribution < 1.29 is 9.21 Å². The third-order valence-corrected chi connectivity index (χ3v) is 4.99. The molecule has 0 unspecified atom stereocenters. The van der Waals surface area contributed by atoms with E-state index >= 15 is 0 Å². The summed E-state index contributed by atoms with van der Waals surface area (Å²) in [5.74, 6) is 0.269. The fourth-order valence-electron chi connectivity index (χ4n) is 2.76. The molecule has 10 heteroatoms. The summed E-state index contributed by atoms with van der Waals surface area (Å²) >= 11 is 1.56. The standard InChI is InChI=1S/C18H15N7O2S/c1-25-10-11(9-21-25)12-3-2-4-13-18(12)22-17(28-13)8-16-24-23-15(27-16)7-14(26)20-6-5-19/h2-4,9-10H,6-8H2,1H3,(H,20,26). The highest BCUT2D eigenvalue weighted by atomic mass is 32.1. The van der Waals surface area contributed by atoms with Crippen LogP contribution in [0.1, 0.15) is 16.8 Å². The molecule has 3 aromatic heterocycles. The van der Waals surface area contributed by atoms with Crippen LogP contribution in [0.25, 0.3) is 21.3 Å². The Labute approximate surface area is 163 Å². The molecular weight excluding hydrogens is 378 g/mol. The van der Waals surface area contributed by atoms with E-state index in [4.69, 9.17) is 14.7 Å². The quantitative estimate of drug-likeness (QED) is 0.496. The summed E-state index contributed by atoms with van der Waals surface area (Å²) in [5.41, 5.74) is 2.94. The average molecular weight is 393 g/mol. The van der Waals surface area contributed by atoms with Gasteiger partial charge in [-0.05, 0) is 6.07 Å². The van der Waals surface area contributed by atoms with Gasteiger partial charge in [-0.3, -0.25) is 9.48 Å². The second kappa shape index (κ2) is 7.58. The fraction of sp³-hybridized carbons (Fsp3) is 0.222. The number of amides is 1. The second-order valence-corrected chi connectivity index (χ2v) is 7.16. The molecule has 0 atom stereocenters. The molecule has 0 saturated carbocycles. The van der Waals surface area contributed by atoms with Crippen molar-refractivity contribution in [2.24, 2.45) is 7.05 Å². The summed E-state index contributed by atoms with van der Waals surface area (Å²) in [4.78, 5) is 16.4. The molecule has 0 aliphatic heterocycles. The van der Waals surface area contributed by atoms with Crippen LogP contribution >= 0.6 is 11.3 Å². The number of benzene rings is 1. The van der Waals surface area contributed by atoms with Crippen LogP contribution in [-0.4, -0.2) is 37.4 Å². The molecule has 0 radical (unpaired) electrons. The third-order valence-electron chi connectivity index (χ3n) is 3.97. The number of aromatic nitrogens is 5. The van der Waals surface area contributed by atoms with E-state index in [0.717, 1.165) is 26.4 Å². The molecule has 0 saturated heterocycles. The van der Waals surface area contributed by atoms with Crippen LogP contribution in [0.5, 0.6) is 0 Å². The Morgan fingerprint density at radius 2 is 2.21 bits per heavy atom. The number of hydrogen-bond acceptors (Lipinski definition) is 8. The Balaban J connectivity index is 1.53. The van der Waals surface area contributed by atoms with Gasteiger partial charge in [0.1, 0.15) is 18.0 Å².